The Morgan fingerprint density at radius 1 is 0.622 bits per heavy atom. The molecule has 2 aliphatic rings. The fourth-order valence-electron chi connectivity index (χ4n) is 13.2. The second-order valence-corrected chi connectivity index (χ2v) is 31.7. The highest BCUT2D eigenvalue weighted by molar-refractivity contribution is 7.98. The zero-order valence-corrected chi connectivity index (χ0v) is 65.1. The van der Waals surface area contributed by atoms with Crippen molar-refractivity contribution in [3.05, 3.63) is 125 Å². The fraction of sp³-hybridized carbons (Fsp3) is 0.513. The molecular formula is C78H105N13O18S2. The van der Waals surface area contributed by atoms with Gasteiger partial charge in [-0.05, 0) is 116 Å². The number of nitrogens with zero attached hydrogens (tertiary/aromatic N) is 2. The number of carbonyl (C=O) groups excluding carboxylic acids is 12. The number of phenols is 2. The zero-order chi connectivity index (χ0) is 81.4. The highest BCUT2D eigenvalue weighted by Crippen LogP contribution is 2.27. The summed E-state index contributed by atoms with van der Waals surface area (Å²) in [5.74, 6) is -13.5. The van der Waals surface area contributed by atoms with E-state index in [9.17, 15) is 78.3 Å². The van der Waals surface area contributed by atoms with Crippen molar-refractivity contribution in [3.63, 3.8) is 0 Å². The lowest BCUT2D eigenvalue weighted by molar-refractivity contribution is -0.143. The average molecular weight is 1580 g/mol. The number of aliphatic hydroxyl groups is 2. The van der Waals surface area contributed by atoms with Gasteiger partial charge in [0.15, 0.2) is 11.6 Å². The van der Waals surface area contributed by atoms with E-state index in [1.807, 2.05) is 24.3 Å². The fourth-order valence-corrected chi connectivity index (χ4v) is 15.1. The summed E-state index contributed by atoms with van der Waals surface area (Å²) in [7, 11) is 0. The van der Waals surface area contributed by atoms with Crippen LogP contribution in [0.3, 0.4) is 0 Å². The molecule has 31 nitrogen and oxygen atoms in total. The third-order valence-corrected chi connectivity index (χ3v) is 21.5. The maximum atomic E-state index is 15.2. The van der Waals surface area contributed by atoms with Gasteiger partial charge in [0.05, 0.1) is 30.2 Å². The maximum absolute atomic E-state index is 15.2. The lowest BCUT2D eigenvalue weighted by Crippen LogP contribution is -2.62. The molecular weight excluding hydrogens is 1470 g/mol. The van der Waals surface area contributed by atoms with Gasteiger partial charge in [-0.25, -0.2) is 4.98 Å². The third kappa shape index (κ3) is 26.6. The number of aromatic amines is 1. The third-order valence-electron chi connectivity index (χ3n) is 19.4. The number of nitrogens with one attached hydrogen (secondary N) is 9. The Morgan fingerprint density at radius 2 is 1.20 bits per heavy atom. The van der Waals surface area contributed by atoms with Gasteiger partial charge in [-0.15, -0.1) is 0 Å². The quantitative estimate of drug-likeness (QED) is 0.0674. The average Bonchev–Trinajstić information content (AvgIpc) is 1.69. The molecule has 1 fully saturated rings. The molecule has 7 rings (SSSR count). The SMILES string of the molecule is CCC[C@@H]1NC(=O)[C@H](Cc2ccc(O)cc2)CC(=O)[C@H](CCC(=O)O)NC(=O)[C@H](CCC)NC(=O)[C@H](Cc2c[nH]c3ncccc23)NC(=O)[C@H]([C@@H](C)O)NC(=O)[C@@H]2C[C@@H](N)CN2C(=O)[C@H](Cc2ccc(O)cc2)NC(=O)[C@H](C(C)(C)C)NC(=O)CCSCc2cccc(c2)CSC[C@@H](C(N)=O)NC(=O)[C@H]([C@@H](C)O)CC1=O. The number of amides is 10. The molecule has 18 N–H and O–H groups in total. The Hall–Kier alpha value is -9.96. The van der Waals surface area contributed by atoms with Crippen molar-refractivity contribution in [1.29, 1.82) is 0 Å². The molecule has 1 saturated heterocycles. The normalized spacial score (nSPS) is 25.1. The smallest absolute Gasteiger partial charge is 0.303 e. The molecule has 14 atom stereocenters. The number of primary amides is 1. The van der Waals surface area contributed by atoms with E-state index in [4.69, 9.17) is 11.5 Å². The van der Waals surface area contributed by atoms with Crippen LogP contribution in [-0.4, -0.2) is 208 Å². The van der Waals surface area contributed by atoms with Crippen LogP contribution in [0, 0.1) is 17.3 Å². The van der Waals surface area contributed by atoms with Crippen molar-refractivity contribution in [1.82, 2.24) is 57.4 Å². The first-order valence-corrected chi connectivity index (χ1v) is 39.5. The molecule has 0 radical (unpaired) electrons. The molecule has 602 valence electrons. The van der Waals surface area contributed by atoms with Gasteiger partial charge in [-0.3, -0.25) is 62.3 Å². The molecule has 0 unspecified atom stereocenters. The number of aromatic hydroxyl groups is 2. The van der Waals surface area contributed by atoms with Gasteiger partial charge >= 0.3 is 5.97 Å². The van der Waals surface area contributed by atoms with E-state index in [2.05, 4.69) is 52.5 Å². The number of nitrogens with two attached hydrogens (primary N) is 2. The number of benzene rings is 3. The van der Waals surface area contributed by atoms with Gasteiger partial charge in [0.2, 0.25) is 59.1 Å². The van der Waals surface area contributed by atoms with Crippen LogP contribution in [0.5, 0.6) is 11.5 Å². The maximum Gasteiger partial charge on any atom is 0.303 e. The summed E-state index contributed by atoms with van der Waals surface area (Å²) in [6, 6.07) is 8.25. The van der Waals surface area contributed by atoms with Crippen LogP contribution in [0.4, 0.5) is 0 Å². The zero-order valence-electron chi connectivity index (χ0n) is 63.5. The highest BCUT2D eigenvalue weighted by Gasteiger charge is 2.45. The van der Waals surface area contributed by atoms with Crippen molar-refractivity contribution < 1.29 is 87.9 Å². The number of pyridine rings is 1. The van der Waals surface area contributed by atoms with Gasteiger partial charge < -0.3 is 89.4 Å². The summed E-state index contributed by atoms with van der Waals surface area (Å²) in [5, 5.41) is 74.8. The van der Waals surface area contributed by atoms with E-state index in [1.54, 1.807) is 46.8 Å². The number of Topliss-reactive ketones (excluding diaryl/α,β-unsaturated/α-hetero) is 2. The number of fused-ring (bicyclic) bond motifs is 4. The lowest BCUT2D eigenvalue weighted by Gasteiger charge is -2.34. The number of carboxylic acids is 1. The number of hydrogen-bond donors (Lipinski definition) is 16. The summed E-state index contributed by atoms with van der Waals surface area (Å²) in [4.78, 5) is 195. The number of thioether (sulfide) groups is 2. The summed E-state index contributed by atoms with van der Waals surface area (Å²) in [6.07, 6.45) is -3.07. The summed E-state index contributed by atoms with van der Waals surface area (Å²) >= 11 is 2.71. The number of aliphatic carboxylic acids is 1. The lowest BCUT2D eigenvalue weighted by atomic mass is 9.85. The van der Waals surface area contributed by atoms with Crippen molar-refractivity contribution in [2.24, 2.45) is 28.7 Å². The van der Waals surface area contributed by atoms with Crippen LogP contribution in [0.25, 0.3) is 11.0 Å². The summed E-state index contributed by atoms with van der Waals surface area (Å²) in [5.41, 5.74) is 14.9. The standard InChI is InChI=1S/C78H105N13O18S2/c1-8-12-55-63(97)36-54(42(3)92)71(103)88-60(68(80)101)41-111-40-47-15-10-14-46(30-47)39-110-29-27-64(98)89-67(78(5,6)7)76(108)87-59(32-45-19-23-52(95)24-20-45)77(109)91-38-50(79)35-61(91)74(106)90-66(43(4)93)75(107)86-58(33-49-37-82-69-53(49)16-11-28-81-69)73(105)85-57(13-9-2)72(104)84-56(25-26-65(99)100)62(96)34-48(70(102)83-55)31-44-17-21-51(94)22-18-44/h10-11,14-24,28,30,37,42-43,48,50,54-61,66-67,92-95H,8-9,12-13,25-27,29,31-36,38-41,79H2,1-7H3,(H2,80,101)(H,81,82)(H,83,102)(H,84,104)(H,85,105)(H,86,107)(H,87,108)(H,88,103)(H,89,98)(H,90,106)(H,99,100)/t42-,43-,48-,50-,54+,55+,56+,57+,58+,59+,60+,61+,66+,67-/m1/s1. The van der Waals surface area contributed by atoms with Crippen molar-refractivity contribution in [3.8, 4) is 11.5 Å². The van der Waals surface area contributed by atoms with E-state index in [0.717, 1.165) is 16.0 Å². The molecule has 0 saturated carbocycles. The monoisotopic (exact) mass is 1580 g/mol. The van der Waals surface area contributed by atoms with Gasteiger partial charge in [0, 0.05) is 97.8 Å². The predicted octanol–water partition coefficient (Wildman–Crippen LogP) is 2.29. The molecule has 0 aliphatic carbocycles. The first-order valence-electron chi connectivity index (χ1n) is 37.2. The number of hydrogen-bond acceptors (Lipinski definition) is 21. The highest BCUT2D eigenvalue weighted by atomic mass is 32.2. The minimum absolute atomic E-state index is 0.0160. The van der Waals surface area contributed by atoms with Crippen LogP contribution in [-0.2, 0) is 93.1 Å². The Kier molecular flexibility index (Phi) is 33.3. The Labute approximate surface area is 652 Å². The second kappa shape index (κ2) is 41.9. The molecule has 2 bridgehead atoms. The van der Waals surface area contributed by atoms with Crippen LogP contribution < -0.4 is 54.0 Å². The van der Waals surface area contributed by atoms with Gasteiger partial charge in [0.1, 0.15) is 59.4 Å². The van der Waals surface area contributed by atoms with Crippen LogP contribution in [0.1, 0.15) is 140 Å². The molecule has 0 spiro atoms. The van der Waals surface area contributed by atoms with E-state index < -0.39 is 192 Å². The summed E-state index contributed by atoms with van der Waals surface area (Å²) in [6.45, 7) is 10.8. The molecule has 3 aromatic carbocycles. The van der Waals surface area contributed by atoms with Crippen molar-refractivity contribution >= 4 is 111 Å². The number of carbonyl (C=O) groups is 13. The largest absolute Gasteiger partial charge is 0.508 e. The minimum atomic E-state index is -1.85. The number of aromatic nitrogens is 2. The van der Waals surface area contributed by atoms with Crippen molar-refractivity contribution in [2.75, 3.05) is 18.1 Å². The van der Waals surface area contributed by atoms with E-state index in [0.29, 0.717) is 51.4 Å². The van der Waals surface area contributed by atoms with Crippen LogP contribution >= 0.6 is 23.5 Å². The Bertz CT molecular complexity index is 4100. The molecule has 5 aromatic rings. The van der Waals surface area contributed by atoms with Gasteiger partial charge in [0.25, 0.3) is 0 Å². The number of phenolic OH excluding ortho intramolecular Hbond substituents is 2. The predicted molar refractivity (Wildman–Crippen MR) is 415 cm³/mol. The van der Waals surface area contributed by atoms with E-state index in [1.165, 1.54) is 98.3 Å². The van der Waals surface area contributed by atoms with Crippen LogP contribution in [0.2, 0.25) is 0 Å². The number of aliphatic hydroxyl groups excluding tert-OH is 2. The number of H-pyrrole nitrogens is 1. The summed E-state index contributed by atoms with van der Waals surface area (Å²) < 4.78 is 0. The first-order chi connectivity index (χ1) is 52.6. The minimum Gasteiger partial charge on any atom is -0.508 e. The number of ketones is 2. The number of carboxylic acid groups (broad SMARTS) is 1. The molecule has 2 aliphatic heterocycles. The Balaban J connectivity index is 1.24. The topological polar surface area (TPSA) is 503 Å². The second-order valence-electron chi connectivity index (χ2n) is 29.6. The molecule has 111 heavy (non-hydrogen) atoms. The van der Waals surface area contributed by atoms with Gasteiger partial charge in [-0.2, -0.15) is 23.5 Å². The molecule has 33 heteroatoms. The first kappa shape index (κ1) is 88.3. The van der Waals surface area contributed by atoms with E-state index >= 15 is 9.59 Å². The van der Waals surface area contributed by atoms with E-state index in [-0.39, 0.29) is 75.2 Å². The molecule has 10 amide bonds. The number of rotatable bonds is 16. The van der Waals surface area contributed by atoms with Gasteiger partial charge in [-0.1, -0.05) is 96.0 Å². The van der Waals surface area contributed by atoms with Crippen LogP contribution in [0.15, 0.2) is 97.3 Å². The molecule has 2 aromatic heterocycles. The Morgan fingerprint density at radius 3 is 1.81 bits per heavy atom. The molecule has 4 heterocycles. The van der Waals surface area contributed by atoms with Crippen molar-refractivity contribution in [2.45, 2.75) is 216 Å².